The largest absolute Gasteiger partial charge is 0.382 e. The number of imide groups is 1. The van der Waals surface area contributed by atoms with E-state index >= 15 is 0 Å². The Morgan fingerprint density at radius 3 is 0.352 bits per heavy atom. The summed E-state index contributed by atoms with van der Waals surface area (Å²) in [5.74, 6) is -1.74. The van der Waals surface area contributed by atoms with E-state index in [1.807, 2.05) is 0 Å². The van der Waals surface area contributed by atoms with Crippen LogP contribution in [0.1, 0.15) is 19.3 Å². The number of ether oxygens (including phenoxy) is 37. The molecule has 0 aromatic carbocycles. The normalized spacial score (nSPS) is 12.5. The fraction of sp³-hybridized carbons (Fsp3) is 0.963. The lowest BCUT2D eigenvalue weighted by molar-refractivity contribution is -0.198. The second-order valence-electron chi connectivity index (χ2n) is 24.8. The first-order chi connectivity index (χ1) is 60.6. The minimum atomic E-state index is -0.707. The van der Waals surface area contributed by atoms with Crippen LogP contribution in [0, 0.1) is 0 Å². The number of methoxy groups -OCH3 is 1. The maximum Gasteiger partial charge on any atom is 0.335 e. The number of carbonyl (C=O) groups is 3. The van der Waals surface area contributed by atoms with E-state index in [0.29, 0.717) is 474 Å². The quantitative estimate of drug-likeness (QED) is 0.0581. The molecule has 0 aliphatic carbocycles. The van der Waals surface area contributed by atoms with E-state index in [0.717, 1.165) is 0 Å². The van der Waals surface area contributed by atoms with E-state index in [9.17, 15) is 14.4 Å². The number of carbonyl (C=O) groups excluding carboxylic acids is 3. The molecule has 42 heteroatoms. The van der Waals surface area contributed by atoms with Crippen molar-refractivity contribution in [1.29, 1.82) is 0 Å². The summed E-state index contributed by atoms with van der Waals surface area (Å²) in [6.07, 6.45) is 0.0147. The highest BCUT2D eigenvalue weighted by Crippen LogP contribution is 2.13. The van der Waals surface area contributed by atoms with Gasteiger partial charge in [0, 0.05) is 20.0 Å². The number of amides is 2. The monoisotopic (exact) mass is 1790 g/mol. The lowest BCUT2D eigenvalue weighted by atomic mass is 10.4. The van der Waals surface area contributed by atoms with Gasteiger partial charge in [0.2, 0.25) is 0 Å². The van der Waals surface area contributed by atoms with Gasteiger partial charge in [0.05, 0.1) is 489 Å². The predicted molar refractivity (Wildman–Crippen MR) is 433 cm³/mol. The van der Waals surface area contributed by atoms with Gasteiger partial charge in [-0.2, -0.15) is 0 Å². The zero-order valence-corrected chi connectivity index (χ0v) is 73.4. The van der Waals surface area contributed by atoms with Crippen LogP contribution in [0.3, 0.4) is 0 Å². The second-order valence-corrected chi connectivity index (χ2v) is 24.8. The van der Waals surface area contributed by atoms with Crippen molar-refractivity contribution >= 4 is 17.8 Å². The highest BCUT2D eigenvalue weighted by Gasteiger charge is 2.32. The van der Waals surface area contributed by atoms with Crippen molar-refractivity contribution in [3.05, 3.63) is 0 Å². The molecule has 0 aromatic heterocycles. The van der Waals surface area contributed by atoms with Gasteiger partial charge < -0.3 is 180 Å². The lowest BCUT2D eigenvalue weighted by Gasteiger charge is -2.12. The Hall–Kier alpha value is -2.87. The molecule has 1 rings (SSSR count). The second kappa shape index (κ2) is 107. The van der Waals surface area contributed by atoms with Gasteiger partial charge >= 0.3 is 5.97 Å². The van der Waals surface area contributed by atoms with Gasteiger partial charge in [0.1, 0.15) is 0 Å². The van der Waals surface area contributed by atoms with Crippen LogP contribution in [0.2, 0.25) is 0 Å². The van der Waals surface area contributed by atoms with E-state index in [4.69, 9.17) is 180 Å². The Labute approximate surface area is 723 Å². The molecule has 0 bridgehead atoms. The molecule has 0 atom stereocenters. The standard InChI is InChI=1S/C80H155NO41/c1-85-6-7-87-10-11-89-14-15-91-18-19-93-22-23-95-26-27-97-30-31-99-34-35-101-38-39-103-42-43-105-46-47-107-50-51-109-54-55-111-58-59-113-62-63-115-66-67-117-70-71-119-74-75-121-77-76-120-73-72-118-69-68-116-65-64-114-61-60-112-57-56-110-53-52-108-49-48-106-45-44-104-41-40-102-37-36-100-33-32-98-29-28-96-25-24-94-21-20-92-17-16-90-13-12-88-9-8-86-5-4-80(84)122-81-78(82)2-3-79(81)83/h2-77H2,1H3. The average molecular weight is 1790 g/mol. The molecule has 0 saturated carbocycles. The topological polar surface area (TPSA) is 405 Å². The highest BCUT2D eigenvalue weighted by atomic mass is 16.7. The number of nitrogens with zero attached hydrogens (tertiary/aromatic N) is 1. The van der Waals surface area contributed by atoms with E-state index in [-0.39, 0.29) is 32.5 Å². The molecule has 0 radical (unpaired) electrons. The van der Waals surface area contributed by atoms with Gasteiger partial charge in [-0.05, 0) is 0 Å². The van der Waals surface area contributed by atoms with Gasteiger partial charge in [-0.25, -0.2) is 4.79 Å². The smallest absolute Gasteiger partial charge is 0.335 e. The molecule has 0 spiro atoms. The van der Waals surface area contributed by atoms with Crippen LogP contribution in [0.4, 0.5) is 0 Å². The maximum atomic E-state index is 11.7. The SMILES string of the molecule is COCCOCCOCCOCCOCCOCCOCCOCCOCCOCCOCCOCCOCCOCCOCCOCCOCCOCCOCCOCCOCCOCCOCCOCCOCCOCCOCCOCCOCCOCCOCCOCCOCCOCCOCCOCCOCCC(=O)ON1C(=O)CCC1=O. The molecule has 1 heterocycles. The zero-order valence-electron chi connectivity index (χ0n) is 73.4. The third-order valence-corrected chi connectivity index (χ3v) is 15.1. The van der Waals surface area contributed by atoms with Crippen LogP contribution in [0.5, 0.6) is 0 Å². The average Bonchev–Trinajstić information content (AvgIpc) is 1.73. The Bertz CT molecular complexity index is 1960. The first-order valence-electron chi connectivity index (χ1n) is 43.0. The summed E-state index contributed by atoms with van der Waals surface area (Å²) in [6, 6.07) is 0. The summed E-state index contributed by atoms with van der Waals surface area (Å²) in [6.45, 7) is 34.0. The van der Waals surface area contributed by atoms with Crippen molar-refractivity contribution in [2.45, 2.75) is 19.3 Å². The van der Waals surface area contributed by atoms with Gasteiger partial charge in [0.15, 0.2) is 0 Å². The number of hydroxylamine groups is 2. The minimum Gasteiger partial charge on any atom is -0.382 e. The molecule has 726 valence electrons. The molecule has 0 aromatic rings. The zero-order chi connectivity index (χ0) is 86.9. The van der Waals surface area contributed by atoms with Crippen molar-refractivity contribution in [2.24, 2.45) is 0 Å². The van der Waals surface area contributed by atoms with Crippen LogP contribution in [0.15, 0.2) is 0 Å². The van der Waals surface area contributed by atoms with Crippen LogP contribution < -0.4 is 0 Å². The molecule has 0 unspecified atom stereocenters. The third kappa shape index (κ3) is 99.3. The van der Waals surface area contributed by atoms with Gasteiger partial charge in [-0.3, -0.25) is 9.59 Å². The summed E-state index contributed by atoms with van der Waals surface area (Å²) in [4.78, 5) is 39.4. The molecule has 2 amide bonds. The number of rotatable bonds is 112. The molecule has 1 saturated heterocycles. The molecule has 122 heavy (non-hydrogen) atoms. The fourth-order valence-corrected chi connectivity index (χ4v) is 8.90. The molecule has 1 aliphatic rings. The van der Waals surface area contributed by atoms with Crippen molar-refractivity contribution in [3.8, 4) is 0 Å². The molecular weight excluding hydrogens is 1630 g/mol. The molecular formula is C80H155NO41. The lowest BCUT2D eigenvalue weighted by Crippen LogP contribution is -2.32. The van der Waals surface area contributed by atoms with Crippen molar-refractivity contribution in [3.63, 3.8) is 0 Å². The Balaban J connectivity index is 1.58. The number of hydrogen-bond donors (Lipinski definition) is 0. The molecule has 1 fully saturated rings. The summed E-state index contributed by atoms with van der Waals surface area (Å²) in [5.41, 5.74) is 0. The summed E-state index contributed by atoms with van der Waals surface area (Å²) >= 11 is 0. The van der Waals surface area contributed by atoms with E-state index < -0.39 is 17.8 Å². The molecule has 42 nitrogen and oxygen atoms in total. The first-order valence-corrected chi connectivity index (χ1v) is 43.0. The summed E-state index contributed by atoms with van der Waals surface area (Å²) in [7, 11) is 1.64. The van der Waals surface area contributed by atoms with Crippen molar-refractivity contribution in [1.82, 2.24) is 5.06 Å². The summed E-state index contributed by atoms with van der Waals surface area (Å²) in [5, 5.41) is 0.516. The van der Waals surface area contributed by atoms with E-state index in [1.54, 1.807) is 7.11 Å². The van der Waals surface area contributed by atoms with Crippen molar-refractivity contribution in [2.75, 3.05) is 489 Å². The number of hydrogen-bond acceptors (Lipinski definition) is 41. The molecule has 0 N–H and O–H groups in total. The van der Waals surface area contributed by atoms with E-state index in [2.05, 4.69) is 0 Å². The first kappa shape index (κ1) is 117. The minimum absolute atomic E-state index is 0.0497. The van der Waals surface area contributed by atoms with Gasteiger partial charge in [-0.15, -0.1) is 5.06 Å². The van der Waals surface area contributed by atoms with Gasteiger partial charge in [0.25, 0.3) is 11.8 Å². The van der Waals surface area contributed by atoms with Crippen molar-refractivity contribution < 1.29 is 194 Å². The Morgan fingerprint density at radius 1 is 0.164 bits per heavy atom. The summed E-state index contributed by atoms with van der Waals surface area (Å²) < 4.78 is 203. The van der Waals surface area contributed by atoms with Crippen LogP contribution in [-0.4, -0.2) is 512 Å². The predicted octanol–water partition coefficient (Wildman–Crippen LogP) is 0.228. The van der Waals surface area contributed by atoms with Crippen LogP contribution in [-0.2, 0) is 194 Å². The van der Waals surface area contributed by atoms with Gasteiger partial charge in [-0.1, -0.05) is 0 Å². The highest BCUT2D eigenvalue weighted by molar-refractivity contribution is 6.01. The Morgan fingerprint density at radius 2 is 0.254 bits per heavy atom. The maximum absolute atomic E-state index is 11.7. The van der Waals surface area contributed by atoms with Crippen LogP contribution in [0.25, 0.3) is 0 Å². The fourth-order valence-electron chi connectivity index (χ4n) is 8.90. The Kier molecular flexibility index (Phi) is 103. The van der Waals surface area contributed by atoms with E-state index in [1.165, 1.54) is 0 Å². The third-order valence-electron chi connectivity index (χ3n) is 15.1. The molecule has 1 aliphatic heterocycles. The van der Waals surface area contributed by atoms with Crippen LogP contribution >= 0.6 is 0 Å².